The van der Waals surface area contributed by atoms with Crippen LogP contribution in [0.1, 0.15) is 37.6 Å². The van der Waals surface area contributed by atoms with Crippen molar-refractivity contribution in [2.24, 2.45) is 18.2 Å². The van der Waals surface area contributed by atoms with Gasteiger partial charge in [0.05, 0.1) is 5.69 Å². The number of nitrogens with zero attached hydrogens (tertiary/aromatic N) is 2. The Bertz CT molecular complexity index is 596. The van der Waals surface area contributed by atoms with Gasteiger partial charge in [0, 0.05) is 29.9 Å². The number of hydrogen-bond acceptors (Lipinski definition) is 2. The molecule has 2 aromatic rings. The van der Waals surface area contributed by atoms with E-state index in [-0.39, 0.29) is 11.5 Å². The van der Waals surface area contributed by atoms with E-state index in [1.54, 1.807) is 0 Å². The summed E-state index contributed by atoms with van der Waals surface area (Å²) in [5.74, 6) is 0. The van der Waals surface area contributed by atoms with E-state index in [9.17, 15) is 0 Å². The summed E-state index contributed by atoms with van der Waals surface area (Å²) in [5, 5.41) is 4.72. The van der Waals surface area contributed by atoms with E-state index in [0.29, 0.717) is 0 Å². The van der Waals surface area contributed by atoms with Gasteiger partial charge < -0.3 is 5.73 Å². The molecule has 0 amide bonds. The van der Waals surface area contributed by atoms with Gasteiger partial charge in [-0.3, -0.25) is 4.68 Å². The van der Waals surface area contributed by atoms with Crippen LogP contribution in [0.5, 0.6) is 0 Å². The lowest BCUT2D eigenvalue weighted by Gasteiger charge is -2.34. The second kappa shape index (κ2) is 4.20. The van der Waals surface area contributed by atoms with Gasteiger partial charge in [-0.15, -0.1) is 0 Å². The monoisotopic (exact) mass is 255 g/mol. The van der Waals surface area contributed by atoms with Crippen LogP contribution < -0.4 is 5.73 Å². The van der Waals surface area contributed by atoms with Gasteiger partial charge in [-0.1, -0.05) is 44.2 Å². The molecule has 1 heterocycles. The van der Waals surface area contributed by atoms with Crippen LogP contribution in [-0.2, 0) is 13.5 Å². The van der Waals surface area contributed by atoms with E-state index in [1.807, 2.05) is 17.8 Å². The van der Waals surface area contributed by atoms with Crippen molar-refractivity contribution in [2.75, 3.05) is 0 Å². The molecule has 2 N–H and O–H groups in total. The number of aromatic nitrogens is 2. The fraction of sp³-hybridized carbons (Fsp3) is 0.438. The number of aryl methyl sites for hydroxylation is 1. The van der Waals surface area contributed by atoms with Gasteiger partial charge in [-0.05, 0) is 18.3 Å². The SMILES string of the molecule is Cn1nc(-c2ccccc2)c2c1CC(C)(C)CC2N. The zero-order chi connectivity index (χ0) is 13.6. The topological polar surface area (TPSA) is 43.8 Å². The maximum absolute atomic E-state index is 6.42. The number of hydrogen-bond donors (Lipinski definition) is 1. The summed E-state index contributed by atoms with van der Waals surface area (Å²) in [4.78, 5) is 0. The molecule has 1 unspecified atom stereocenters. The van der Waals surface area contributed by atoms with Crippen LogP contribution in [0, 0.1) is 5.41 Å². The molecule has 1 aromatic carbocycles. The first-order chi connectivity index (χ1) is 8.98. The summed E-state index contributed by atoms with van der Waals surface area (Å²) in [6.45, 7) is 4.57. The Morgan fingerprint density at radius 3 is 2.63 bits per heavy atom. The van der Waals surface area contributed by atoms with Crippen LogP contribution >= 0.6 is 0 Å². The first-order valence-electron chi connectivity index (χ1n) is 6.85. The molecular formula is C16H21N3. The smallest absolute Gasteiger partial charge is 0.0973 e. The normalized spacial score (nSPS) is 21.2. The Balaban J connectivity index is 2.16. The fourth-order valence-electron chi connectivity index (χ4n) is 3.21. The Labute approximate surface area is 114 Å². The fourth-order valence-corrected chi connectivity index (χ4v) is 3.21. The summed E-state index contributed by atoms with van der Waals surface area (Å²) in [6, 6.07) is 10.4. The van der Waals surface area contributed by atoms with Crippen molar-refractivity contribution in [3.63, 3.8) is 0 Å². The summed E-state index contributed by atoms with van der Waals surface area (Å²) >= 11 is 0. The molecule has 1 aliphatic rings. The van der Waals surface area contributed by atoms with Gasteiger partial charge in [0.25, 0.3) is 0 Å². The second-order valence-electron chi connectivity index (χ2n) is 6.35. The molecule has 0 saturated carbocycles. The highest BCUT2D eigenvalue weighted by molar-refractivity contribution is 5.65. The molecule has 0 aliphatic heterocycles. The van der Waals surface area contributed by atoms with E-state index >= 15 is 0 Å². The number of nitrogens with two attached hydrogens (primary N) is 1. The Hall–Kier alpha value is -1.61. The summed E-state index contributed by atoms with van der Waals surface area (Å²) in [6.07, 6.45) is 2.07. The van der Waals surface area contributed by atoms with E-state index in [0.717, 1.165) is 24.1 Å². The average Bonchev–Trinajstić information content (AvgIpc) is 2.67. The molecule has 0 radical (unpaired) electrons. The minimum atomic E-state index is 0.0858. The predicted octanol–water partition coefficient (Wildman–Crippen LogP) is 3.06. The highest BCUT2D eigenvalue weighted by Crippen LogP contribution is 2.43. The summed E-state index contributed by atoms with van der Waals surface area (Å²) in [5.41, 5.74) is 11.4. The van der Waals surface area contributed by atoms with Crippen LogP contribution in [0.15, 0.2) is 30.3 Å². The Morgan fingerprint density at radius 2 is 1.95 bits per heavy atom. The van der Waals surface area contributed by atoms with Crippen molar-refractivity contribution < 1.29 is 0 Å². The van der Waals surface area contributed by atoms with Crippen LogP contribution in [-0.4, -0.2) is 9.78 Å². The van der Waals surface area contributed by atoms with Crippen molar-refractivity contribution in [3.05, 3.63) is 41.6 Å². The molecular weight excluding hydrogens is 234 g/mol. The van der Waals surface area contributed by atoms with E-state index in [4.69, 9.17) is 10.8 Å². The van der Waals surface area contributed by atoms with Crippen molar-refractivity contribution in [3.8, 4) is 11.3 Å². The lowest BCUT2D eigenvalue weighted by Crippen LogP contribution is -2.30. The van der Waals surface area contributed by atoms with Gasteiger partial charge in [-0.25, -0.2) is 0 Å². The third kappa shape index (κ3) is 2.08. The number of rotatable bonds is 1. The first kappa shape index (κ1) is 12.4. The van der Waals surface area contributed by atoms with E-state index < -0.39 is 0 Å². The Morgan fingerprint density at radius 1 is 1.26 bits per heavy atom. The third-order valence-electron chi connectivity index (χ3n) is 4.04. The summed E-state index contributed by atoms with van der Waals surface area (Å²) < 4.78 is 2.01. The minimum absolute atomic E-state index is 0.0858. The predicted molar refractivity (Wildman–Crippen MR) is 77.7 cm³/mol. The molecule has 0 bridgehead atoms. The van der Waals surface area contributed by atoms with Gasteiger partial charge in [-0.2, -0.15) is 5.10 Å². The Kier molecular flexibility index (Phi) is 2.75. The standard InChI is InChI=1S/C16H21N3/c1-16(2)9-12(17)14-13(10-16)19(3)18-15(14)11-7-5-4-6-8-11/h4-8,12H,9-10,17H2,1-3H3. The molecule has 100 valence electrons. The van der Waals surface area contributed by atoms with Crippen molar-refractivity contribution in [1.29, 1.82) is 0 Å². The van der Waals surface area contributed by atoms with Crippen molar-refractivity contribution in [2.45, 2.75) is 32.7 Å². The molecule has 19 heavy (non-hydrogen) atoms. The summed E-state index contributed by atoms with van der Waals surface area (Å²) in [7, 11) is 2.03. The zero-order valence-electron chi connectivity index (χ0n) is 11.9. The maximum atomic E-state index is 6.42. The molecule has 3 heteroatoms. The van der Waals surface area contributed by atoms with Crippen LogP contribution in [0.4, 0.5) is 0 Å². The largest absolute Gasteiger partial charge is 0.324 e. The number of benzene rings is 1. The van der Waals surface area contributed by atoms with E-state index in [1.165, 1.54) is 11.3 Å². The third-order valence-corrected chi connectivity index (χ3v) is 4.04. The quantitative estimate of drug-likeness (QED) is 0.851. The lowest BCUT2D eigenvalue weighted by atomic mass is 9.73. The van der Waals surface area contributed by atoms with Gasteiger partial charge in [0.2, 0.25) is 0 Å². The van der Waals surface area contributed by atoms with Crippen LogP contribution in [0.3, 0.4) is 0 Å². The van der Waals surface area contributed by atoms with E-state index in [2.05, 4.69) is 38.1 Å². The van der Waals surface area contributed by atoms with Crippen LogP contribution in [0.25, 0.3) is 11.3 Å². The van der Waals surface area contributed by atoms with Gasteiger partial charge in [0.1, 0.15) is 0 Å². The zero-order valence-corrected chi connectivity index (χ0v) is 11.9. The van der Waals surface area contributed by atoms with Crippen molar-refractivity contribution >= 4 is 0 Å². The molecule has 0 saturated heterocycles. The lowest BCUT2D eigenvalue weighted by molar-refractivity contribution is 0.276. The molecule has 3 rings (SSSR count). The molecule has 1 aromatic heterocycles. The van der Waals surface area contributed by atoms with Crippen molar-refractivity contribution in [1.82, 2.24) is 9.78 Å². The number of fused-ring (bicyclic) bond motifs is 1. The molecule has 1 aliphatic carbocycles. The van der Waals surface area contributed by atoms with Gasteiger partial charge in [0.15, 0.2) is 0 Å². The molecule has 0 spiro atoms. The van der Waals surface area contributed by atoms with Gasteiger partial charge >= 0.3 is 0 Å². The highest BCUT2D eigenvalue weighted by Gasteiger charge is 2.35. The van der Waals surface area contributed by atoms with Crippen LogP contribution in [0.2, 0.25) is 0 Å². The molecule has 0 fully saturated rings. The second-order valence-corrected chi connectivity index (χ2v) is 6.35. The maximum Gasteiger partial charge on any atom is 0.0973 e. The molecule has 3 nitrogen and oxygen atoms in total. The average molecular weight is 255 g/mol. The minimum Gasteiger partial charge on any atom is -0.324 e. The molecule has 1 atom stereocenters. The first-order valence-corrected chi connectivity index (χ1v) is 6.85. The highest BCUT2D eigenvalue weighted by atomic mass is 15.3.